The molecule has 0 aliphatic heterocycles. The van der Waals surface area contributed by atoms with Gasteiger partial charge in [0.05, 0.1) is 5.92 Å². The van der Waals surface area contributed by atoms with Gasteiger partial charge in [-0.3, -0.25) is 4.79 Å². The van der Waals surface area contributed by atoms with Gasteiger partial charge in [-0.15, -0.1) is 0 Å². The minimum Gasteiger partial charge on any atom is -0.462 e. The Morgan fingerprint density at radius 1 is 0.680 bits per heavy atom. The highest BCUT2D eigenvalue weighted by Gasteiger charge is 2.26. The van der Waals surface area contributed by atoms with Crippen LogP contribution in [0.3, 0.4) is 0 Å². The Bertz CT molecular complexity index is 287. The highest BCUT2D eigenvalue weighted by Crippen LogP contribution is 2.24. The molecule has 0 unspecified atom stereocenters. The zero-order valence-electron chi connectivity index (χ0n) is 18.1. The molecule has 0 spiro atoms. The SMILES string of the molecule is CCCCCCCC(CCCCCCC)C(=O)OC(C(C)C)C(C)C. The summed E-state index contributed by atoms with van der Waals surface area (Å²) in [7, 11) is 0. The third-order valence-electron chi connectivity index (χ3n) is 5.21. The number of rotatable bonds is 16. The fourth-order valence-electron chi connectivity index (χ4n) is 3.64. The average molecular weight is 355 g/mol. The van der Waals surface area contributed by atoms with Crippen molar-refractivity contribution in [3.05, 3.63) is 0 Å². The van der Waals surface area contributed by atoms with Crippen molar-refractivity contribution in [1.29, 1.82) is 0 Å². The Morgan fingerprint density at radius 3 is 1.44 bits per heavy atom. The van der Waals surface area contributed by atoms with Gasteiger partial charge < -0.3 is 4.74 Å². The number of unbranched alkanes of at least 4 members (excludes halogenated alkanes) is 8. The van der Waals surface area contributed by atoms with Crippen LogP contribution in [0.4, 0.5) is 0 Å². The van der Waals surface area contributed by atoms with Crippen LogP contribution in [0.25, 0.3) is 0 Å². The van der Waals surface area contributed by atoms with E-state index in [2.05, 4.69) is 41.5 Å². The van der Waals surface area contributed by atoms with E-state index in [1.807, 2.05) is 0 Å². The van der Waals surface area contributed by atoms with Crippen LogP contribution in [0.2, 0.25) is 0 Å². The molecule has 0 N–H and O–H groups in total. The van der Waals surface area contributed by atoms with Gasteiger partial charge >= 0.3 is 5.97 Å². The molecule has 2 nitrogen and oxygen atoms in total. The van der Waals surface area contributed by atoms with E-state index in [-0.39, 0.29) is 18.0 Å². The first-order valence-electron chi connectivity index (χ1n) is 11.1. The topological polar surface area (TPSA) is 26.3 Å². The number of carbonyl (C=O) groups excluding carboxylic acids is 1. The minimum absolute atomic E-state index is 0.0511. The maximum atomic E-state index is 12.8. The highest BCUT2D eigenvalue weighted by atomic mass is 16.5. The summed E-state index contributed by atoms with van der Waals surface area (Å²) in [5, 5.41) is 0. The molecule has 2 heteroatoms. The molecule has 0 aromatic heterocycles. The zero-order chi connectivity index (χ0) is 19.1. The molecule has 0 aromatic carbocycles. The standard InChI is InChI=1S/C23H46O2/c1-7-9-11-13-15-17-21(18-16-14-12-10-8-2)23(24)25-22(19(3)4)20(5)6/h19-22H,7-18H2,1-6H3. The fraction of sp³-hybridized carbons (Fsp3) is 0.957. The van der Waals surface area contributed by atoms with Crippen molar-refractivity contribution in [3.8, 4) is 0 Å². The summed E-state index contributed by atoms with van der Waals surface area (Å²) in [5.74, 6) is 0.957. The predicted molar refractivity (Wildman–Crippen MR) is 110 cm³/mol. The Kier molecular flexibility index (Phi) is 15.4. The van der Waals surface area contributed by atoms with Crippen LogP contribution < -0.4 is 0 Å². The number of hydrogen-bond donors (Lipinski definition) is 0. The van der Waals surface area contributed by atoms with Gasteiger partial charge in [-0.2, -0.15) is 0 Å². The monoisotopic (exact) mass is 354 g/mol. The molecule has 0 aliphatic rings. The first-order chi connectivity index (χ1) is 11.9. The molecule has 25 heavy (non-hydrogen) atoms. The van der Waals surface area contributed by atoms with Crippen molar-refractivity contribution in [3.63, 3.8) is 0 Å². The van der Waals surface area contributed by atoms with Crippen molar-refractivity contribution < 1.29 is 9.53 Å². The molecule has 0 bridgehead atoms. The van der Waals surface area contributed by atoms with Crippen LogP contribution in [0, 0.1) is 17.8 Å². The number of carbonyl (C=O) groups is 1. The van der Waals surface area contributed by atoms with Crippen LogP contribution in [0.15, 0.2) is 0 Å². The van der Waals surface area contributed by atoms with Gasteiger partial charge in [-0.05, 0) is 24.7 Å². The summed E-state index contributed by atoms with van der Waals surface area (Å²) in [6.07, 6.45) is 14.7. The molecule has 0 atom stereocenters. The van der Waals surface area contributed by atoms with Crippen LogP contribution >= 0.6 is 0 Å². The van der Waals surface area contributed by atoms with Gasteiger partial charge in [0.25, 0.3) is 0 Å². The largest absolute Gasteiger partial charge is 0.462 e. The van der Waals surface area contributed by atoms with E-state index in [9.17, 15) is 4.79 Å². The van der Waals surface area contributed by atoms with E-state index >= 15 is 0 Å². The molecule has 150 valence electrons. The van der Waals surface area contributed by atoms with Crippen molar-refractivity contribution >= 4 is 5.97 Å². The van der Waals surface area contributed by atoms with E-state index in [1.54, 1.807) is 0 Å². The smallest absolute Gasteiger partial charge is 0.309 e. The molecule has 0 heterocycles. The first kappa shape index (κ1) is 24.5. The maximum Gasteiger partial charge on any atom is 0.309 e. The Labute approximate surface area is 158 Å². The summed E-state index contributed by atoms with van der Waals surface area (Å²) in [6.45, 7) is 13.1. The first-order valence-corrected chi connectivity index (χ1v) is 11.1. The fourth-order valence-corrected chi connectivity index (χ4v) is 3.64. The second kappa shape index (κ2) is 15.7. The van der Waals surface area contributed by atoms with Crippen LogP contribution in [-0.2, 0) is 9.53 Å². The number of hydrogen-bond acceptors (Lipinski definition) is 2. The highest BCUT2D eigenvalue weighted by molar-refractivity contribution is 5.72. The second-order valence-corrected chi connectivity index (χ2v) is 8.49. The molecule has 0 aliphatic carbocycles. The lowest BCUT2D eigenvalue weighted by molar-refractivity contribution is -0.159. The van der Waals surface area contributed by atoms with Crippen molar-refractivity contribution in [2.45, 2.75) is 125 Å². The summed E-state index contributed by atoms with van der Waals surface area (Å²) in [6, 6.07) is 0. The maximum absolute atomic E-state index is 12.8. The predicted octanol–water partition coefficient (Wildman–Crippen LogP) is 7.55. The summed E-state index contributed by atoms with van der Waals surface area (Å²) in [5.41, 5.74) is 0. The van der Waals surface area contributed by atoms with Gasteiger partial charge in [0, 0.05) is 0 Å². The molecular weight excluding hydrogens is 308 g/mol. The van der Waals surface area contributed by atoms with Crippen LogP contribution in [0.1, 0.15) is 119 Å². The molecule has 0 rings (SSSR count). The second-order valence-electron chi connectivity index (χ2n) is 8.49. The van der Waals surface area contributed by atoms with Gasteiger partial charge in [0.15, 0.2) is 0 Å². The quantitative estimate of drug-likeness (QED) is 0.211. The lowest BCUT2D eigenvalue weighted by Gasteiger charge is -2.27. The summed E-state index contributed by atoms with van der Waals surface area (Å²) >= 11 is 0. The molecule has 0 aromatic rings. The molecule has 0 radical (unpaired) electrons. The molecule has 0 amide bonds. The molecule has 0 saturated heterocycles. The summed E-state index contributed by atoms with van der Waals surface area (Å²) < 4.78 is 5.95. The third-order valence-corrected chi connectivity index (χ3v) is 5.21. The Morgan fingerprint density at radius 2 is 1.08 bits per heavy atom. The third kappa shape index (κ3) is 12.5. The lowest BCUT2D eigenvalue weighted by atomic mass is 9.93. The van der Waals surface area contributed by atoms with E-state index < -0.39 is 0 Å². The van der Waals surface area contributed by atoms with Gasteiger partial charge in [-0.1, -0.05) is 106 Å². The van der Waals surface area contributed by atoms with Gasteiger partial charge in [-0.25, -0.2) is 0 Å². The average Bonchev–Trinajstić information content (AvgIpc) is 2.56. The Balaban J connectivity index is 4.48. The van der Waals surface area contributed by atoms with Crippen molar-refractivity contribution in [2.24, 2.45) is 17.8 Å². The molecule has 0 fully saturated rings. The van der Waals surface area contributed by atoms with Crippen molar-refractivity contribution in [1.82, 2.24) is 0 Å². The summed E-state index contributed by atoms with van der Waals surface area (Å²) in [4.78, 5) is 12.8. The van der Waals surface area contributed by atoms with Crippen LogP contribution in [0.5, 0.6) is 0 Å². The minimum atomic E-state index is 0.0511. The molecular formula is C23H46O2. The Hall–Kier alpha value is -0.530. The van der Waals surface area contributed by atoms with Crippen LogP contribution in [-0.4, -0.2) is 12.1 Å². The lowest BCUT2D eigenvalue weighted by Crippen LogP contribution is -2.32. The van der Waals surface area contributed by atoms with E-state index in [0.717, 1.165) is 12.8 Å². The van der Waals surface area contributed by atoms with Gasteiger partial charge in [0.2, 0.25) is 0 Å². The normalized spacial score (nSPS) is 11.9. The van der Waals surface area contributed by atoms with Gasteiger partial charge in [0.1, 0.15) is 6.10 Å². The number of ether oxygens (including phenoxy) is 1. The zero-order valence-corrected chi connectivity index (χ0v) is 18.1. The van der Waals surface area contributed by atoms with E-state index in [4.69, 9.17) is 4.74 Å². The van der Waals surface area contributed by atoms with E-state index in [1.165, 1.54) is 64.2 Å². The molecule has 0 saturated carbocycles. The number of esters is 1. The van der Waals surface area contributed by atoms with Crippen molar-refractivity contribution in [2.75, 3.05) is 0 Å². The van der Waals surface area contributed by atoms with E-state index in [0.29, 0.717) is 11.8 Å².